The van der Waals surface area contributed by atoms with E-state index in [0.717, 1.165) is 5.56 Å². The molecule has 114 valence electrons. The number of benzene rings is 1. The maximum absolute atomic E-state index is 11.8. The first kappa shape index (κ1) is 15.4. The number of amides is 1. The minimum atomic E-state index is -1.04. The number of nitrogens with one attached hydrogen (secondary N) is 1. The second-order valence-corrected chi connectivity index (χ2v) is 4.53. The summed E-state index contributed by atoms with van der Waals surface area (Å²) in [6.45, 7) is 0.109. The van der Waals surface area contributed by atoms with Gasteiger partial charge in [-0.25, -0.2) is 14.8 Å². The maximum atomic E-state index is 11.8. The molecule has 0 fully saturated rings. The Morgan fingerprint density at radius 3 is 2.50 bits per heavy atom. The molecular weight excluding hydrogens is 286 g/mol. The van der Waals surface area contributed by atoms with Crippen molar-refractivity contribution in [1.29, 1.82) is 0 Å². The van der Waals surface area contributed by atoms with Gasteiger partial charge in [-0.15, -0.1) is 0 Å². The van der Waals surface area contributed by atoms with Crippen LogP contribution in [-0.4, -0.2) is 27.1 Å². The van der Waals surface area contributed by atoms with E-state index in [2.05, 4.69) is 15.3 Å². The van der Waals surface area contributed by atoms with Crippen LogP contribution in [0.4, 0.5) is 4.79 Å². The molecule has 2 N–H and O–H groups in total. The smallest absolute Gasteiger partial charge is 0.407 e. The van der Waals surface area contributed by atoms with Crippen LogP contribution < -0.4 is 5.32 Å². The topological polar surface area (TPSA) is 101 Å². The number of carboxylic acids is 1. The van der Waals surface area contributed by atoms with Crippen LogP contribution in [0.3, 0.4) is 0 Å². The monoisotopic (exact) mass is 301 g/mol. The lowest BCUT2D eigenvalue weighted by molar-refractivity contribution is -0.137. The van der Waals surface area contributed by atoms with Crippen LogP contribution in [0.2, 0.25) is 0 Å². The van der Waals surface area contributed by atoms with Gasteiger partial charge in [0.05, 0.1) is 12.5 Å². The zero-order chi connectivity index (χ0) is 15.8. The number of nitrogens with zero attached hydrogens (tertiary/aromatic N) is 2. The molecule has 2 aromatic rings. The van der Waals surface area contributed by atoms with Crippen LogP contribution in [0.25, 0.3) is 0 Å². The van der Waals surface area contributed by atoms with E-state index in [-0.39, 0.29) is 13.0 Å². The lowest BCUT2D eigenvalue weighted by atomic mass is 10.1. The molecule has 1 atom stereocenters. The first-order chi connectivity index (χ1) is 10.6. The van der Waals surface area contributed by atoms with Crippen LogP contribution in [0, 0.1) is 0 Å². The summed E-state index contributed by atoms with van der Waals surface area (Å²) in [6.07, 6.45) is 3.26. The highest BCUT2D eigenvalue weighted by molar-refractivity contribution is 5.71. The Bertz CT molecular complexity index is 619. The van der Waals surface area contributed by atoms with Gasteiger partial charge in [0.2, 0.25) is 0 Å². The molecule has 0 aliphatic rings. The Morgan fingerprint density at radius 1 is 1.18 bits per heavy atom. The predicted octanol–water partition coefficient (Wildman–Crippen LogP) is 1.92. The average Bonchev–Trinajstić information content (AvgIpc) is 2.54. The third-order valence-electron chi connectivity index (χ3n) is 2.87. The number of carboxylic acid groups (broad SMARTS) is 1. The molecule has 7 nitrogen and oxygen atoms in total. The Balaban J connectivity index is 1.95. The van der Waals surface area contributed by atoms with Gasteiger partial charge in [-0.1, -0.05) is 30.3 Å². The van der Waals surface area contributed by atoms with Crippen molar-refractivity contribution >= 4 is 12.1 Å². The van der Waals surface area contributed by atoms with Crippen molar-refractivity contribution in [1.82, 2.24) is 15.3 Å². The summed E-state index contributed by atoms with van der Waals surface area (Å²) in [6, 6.07) is 8.44. The maximum Gasteiger partial charge on any atom is 0.407 e. The molecule has 2 rings (SSSR count). The van der Waals surface area contributed by atoms with E-state index in [1.807, 2.05) is 30.3 Å². The van der Waals surface area contributed by atoms with Crippen molar-refractivity contribution in [2.45, 2.75) is 19.1 Å². The van der Waals surface area contributed by atoms with E-state index in [9.17, 15) is 9.59 Å². The largest absolute Gasteiger partial charge is 0.481 e. The van der Waals surface area contributed by atoms with Crippen molar-refractivity contribution < 1.29 is 19.4 Å². The van der Waals surface area contributed by atoms with E-state index in [1.165, 1.54) is 18.7 Å². The molecule has 0 saturated heterocycles. The fourth-order valence-corrected chi connectivity index (χ4v) is 1.82. The van der Waals surface area contributed by atoms with Gasteiger partial charge in [0.15, 0.2) is 0 Å². The first-order valence-corrected chi connectivity index (χ1v) is 6.59. The minimum Gasteiger partial charge on any atom is -0.481 e. The van der Waals surface area contributed by atoms with Gasteiger partial charge in [-0.05, 0) is 5.56 Å². The highest BCUT2D eigenvalue weighted by Gasteiger charge is 2.19. The summed E-state index contributed by atoms with van der Waals surface area (Å²) < 4.78 is 5.08. The third kappa shape index (κ3) is 4.86. The molecule has 1 aromatic heterocycles. The molecular formula is C15H15N3O4. The number of ether oxygens (including phenoxy) is 1. The molecule has 0 bridgehead atoms. The van der Waals surface area contributed by atoms with E-state index < -0.39 is 18.1 Å². The number of aromatic nitrogens is 2. The highest BCUT2D eigenvalue weighted by Crippen LogP contribution is 2.15. The molecule has 7 heteroatoms. The van der Waals surface area contributed by atoms with Gasteiger partial charge in [-0.2, -0.15) is 0 Å². The minimum absolute atomic E-state index is 0.109. The zero-order valence-corrected chi connectivity index (χ0v) is 11.7. The van der Waals surface area contributed by atoms with Crippen molar-refractivity contribution in [3.8, 4) is 0 Å². The number of carbonyl (C=O) groups excluding carboxylic acids is 1. The summed E-state index contributed by atoms with van der Waals surface area (Å²) >= 11 is 0. The predicted molar refractivity (Wildman–Crippen MR) is 76.8 cm³/mol. The fraction of sp³-hybridized carbons (Fsp3) is 0.200. The third-order valence-corrected chi connectivity index (χ3v) is 2.87. The lowest BCUT2D eigenvalue weighted by Crippen LogP contribution is -2.30. The van der Waals surface area contributed by atoms with Crippen LogP contribution in [0.5, 0.6) is 0 Å². The average molecular weight is 301 g/mol. The molecule has 1 heterocycles. The molecule has 1 aromatic carbocycles. The van der Waals surface area contributed by atoms with Crippen LogP contribution in [0.1, 0.15) is 23.6 Å². The molecule has 0 aliphatic heterocycles. The number of carbonyl (C=O) groups is 2. The number of alkyl carbamates (subject to hydrolysis) is 1. The van der Waals surface area contributed by atoms with E-state index in [0.29, 0.717) is 5.56 Å². The van der Waals surface area contributed by atoms with E-state index >= 15 is 0 Å². The van der Waals surface area contributed by atoms with Crippen molar-refractivity contribution in [2.24, 2.45) is 0 Å². The summed E-state index contributed by atoms with van der Waals surface area (Å²) in [5.74, 6) is -1.04. The molecule has 0 aliphatic carbocycles. The molecule has 1 amide bonds. The highest BCUT2D eigenvalue weighted by atomic mass is 16.5. The van der Waals surface area contributed by atoms with E-state index in [4.69, 9.17) is 9.84 Å². The van der Waals surface area contributed by atoms with Gasteiger partial charge in [0, 0.05) is 18.0 Å². The quantitative estimate of drug-likeness (QED) is 0.845. The number of hydrogen-bond donors (Lipinski definition) is 2. The standard InChI is InChI=1S/C15H15N3O4/c19-14(20)6-13(12-7-16-10-17-8-12)18-15(21)22-9-11-4-2-1-3-5-11/h1-5,7-8,10,13H,6,9H2,(H,18,21)(H,19,20). The van der Waals surface area contributed by atoms with Crippen LogP contribution in [-0.2, 0) is 16.1 Å². The van der Waals surface area contributed by atoms with Gasteiger partial charge < -0.3 is 15.2 Å². The van der Waals surface area contributed by atoms with Crippen LogP contribution in [0.15, 0.2) is 49.1 Å². The van der Waals surface area contributed by atoms with Gasteiger partial charge in [-0.3, -0.25) is 4.79 Å². The second kappa shape index (κ2) is 7.72. The summed E-state index contributed by atoms with van der Waals surface area (Å²) in [5, 5.41) is 11.4. The molecule has 0 spiro atoms. The number of aliphatic carboxylic acids is 1. The lowest BCUT2D eigenvalue weighted by Gasteiger charge is -2.16. The zero-order valence-electron chi connectivity index (χ0n) is 11.7. The van der Waals surface area contributed by atoms with Gasteiger partial charge >= 0.3 is 12.1 Å². The first-order valence-electron chi connectivity index (χ1n) is 6.59. The van der Waals surface area contributed by atoms with Crippen molar-refractivity contribution in [3.63, 3.8) is 0 Å². The molecule has 22 heavy (non-hydrogen) atoms. The second-order valence-electron chi connectivity index (χ2n) is 4.53. The van der Waals surface area contributed by atoms with Crippen molar-refractivity contribution in [3.05, 3.63) is 60.2 Å². The normalized spacial score (nSPS) is 11.5. The number of rotatable bonds is 6. The Labute approximate surface area is 127 Å². The Kier molecular flexibility index (Phi) is 5.42. The van der Waals surface area contributed by atoms with Gasteiger partial charge in [0.25, 0.3) is 0 Å². The molecule has 0 saturated carbocycles. The SMILES string of the molecule is O=C(O)CC(NC(=O)OCc1ccccc1)c1cncnc1. The van der Waals surface area contributed by atoms with E-state index in [1.54, 1.807) is 0 Å². The Morgan fingerprint density at radius 2 is 1.86 bits per heavy atom. The molecule has 1 unspecified atom stereocenters. The Hall–Kier alpha value is -2.96. The van der Waals surface area contributed by atoms with Gasteiger partial charge in [0.1, 0.15) is 12.9 Å². The fourth-order valence-electron chi connectivity index (χ4n) is 1.82. The summed E-state index contributed by atoms with van der Waals surface area (Å²) in [4.78, 5) is 30.4. The number of hydrogen-bond acceptors (Lipinski definition) is 5. The summed E-state index contributed by atoms with van der Waals surface area (Å²) in [7, 11) is 0. The van der Waals surface area contributed by atoms with Crippen molar-refractivity contribution in [2.75, 3.05) is 0 Å². The van der Waals surface area contributed by atoms with Crippen LogP contribution >= 0.6 is 0 Å². The summed E-state index contributed by atoms with van der Waals surface area (Å²) in [5.41, 5.74) is 1.34. The molecule has 0 radical (unpaired) electrons.